The van der Waals surface area contributed by atoms with E-state index < -0.39 is 0 Å². The van der Waals surface area contributed by atoms with Gasteiger partial charge in [0.2, 0.25) is 5.65 Å². The van der Waals surface area contributed by atoms with E-state index in [1.807, 2.05) is 26.1 Å². The number of ether oxygens (including phenoxy) is 1. The van der Waals surface area contributed by atoms with E-state index in [1.165, 1.54) is 5.56 Å². The Morgan fingerprint density at radius 3 is 2.80 bits per heavy atom. The van der Waals surface area contributed by atoms with Crippen LogP contribution in [0, 0.1) is 20.8 Å². The highest BCUT2D eigenvalue weighted by atomic mass is 16.5. The van der Waals surface area contributed by atoms with Gasteiger partial charge in [-0.3, -0.25) is 4.40 Å². The number of nitrogens with two attached hydrogens (primary N) is 1. The van der Waals surface area contributed by atoms with E-state index >= 15 is 0 Å². The zero-order valence-electron chi connectivity index (χ0n) is 11.7. The van der Waals surface area contributed by atoms with E-state index in [0.29, 0.717) is 17.3 Å². The second kappa shape index (κ2) is 4.52. The molecule has 0 amide bonds. The first kappa shape index (κ1) is 12.5. The van der Waals surface area contributed by atoms with Gasteiger partial charge < -0.3 is 10.5 Å². The van der Waals surface area contributed by atoms with Crippen LogP contribution < -0.4 is 10.5 Å². The second-order valence-electron chi connectivity index (χ2n) is 4.94. The number of aromatic nitrogens is 3. The molecule has 0 bridgehead atoms. The minimum absolute atomic E-state index is 0.396. The fraction of sp³-hybridized carbons (Fsp3) is 0.200. The molecule has 0 saturated heterocycles. The van der Waals surface area contributed by atoms with Crippen LogP contribution in [0.2, 0.25) is 0 Å². The number of benzene rings is 1. The predicted octanol–water partition coefficient (Wildman–Crippen LogP) is 3.03. The number of aryl methyl sites for hydroxylation is 2. The molecule has 2 heterocycles. The fourth-order valence-electron chi connectivity index (χ4n) is 2.20. The summed E-state index contributed by atoms with van der Waals surface area (Å²) in [5, 5.41) is 0. The normalized spacial score (nSPS) is 10.9. The molecular weight excluding hydrogens is 252 g/mol. The van der Waals surface area contributed by atoms with Crippen LogP contribution in [-0.2, 0) is 0 Å². The van der Waals surface area contributed by atoms with Crippen molar-refractivity contribution >= 4 is 11.5 Å². The lowest BCUT2D eigenvalue weighted by Crippen LogP contribution is -2.00. The van der Waals surface area contributed by atoms with Crippen LogP contribution in [0.25, 0.3) is 5.65 Å². The minimum Gasteiger partial charge on any atom is -0.436 e. The number of hydrogen-bond acceptors (Lipinski definition) is 4. The Hall–Kier alpha value is -2.56. The summed E-state index contributed by atoms with van der Waals surface area (Å²) in [5.74, 6) is 1.60. The Balaban J connectivity index is 2.12. The Labute approximate surface area is 117 Å². The van der Waals surface area contributed by atoms with Crippen LogP contribution in [0.4, 0.5) is 5.82 Å². The van der Waals surface area contributed by atoms with Crippen LogP contribution >= 0.6 is 0 Å². The zero-order chi connectivity index (χ0) is 14.3. The molecule has 3 rings (SSSR count). The Bertz CT molecular complexity index is 792. The van der Waals surface area contributed by atoms with Crippen molar-refractivity contribution in [2.45, 2.75) is 20.8 Å². The summed E-state index contributed by atoms with van der Waals surface area (Å²) in [4.78, 5) is 8.49. The van der Waals surface area contributed by atoms with Crippen LogP contribution in [0.5, 0.6) is 11.6 Å². The van der Waals surface area contributed by atoms with Gasteiger partial charge in [-0.1, -0.05) is 6.07 Å². The largest absolute Gasteiger partial charge is 0.436 e. The van der Waals surface area contributed by atoms with Crippen LogP contribution in [0.1, 0.15) is 16.7 Å². The van der Waals surface area contributed by atoms with E-state index in [-0.39, 0.29) is 0 Å². The van der Waals surface area contributed by atoms with E-state index in [2.05, 4.69) is 23.0 Å². The topological polar surface area (TPSA) is 65.4 Å². The van der Waals surface area contributed by atoms with Crippen molar-refractivity contribution in [3.63, 3.8) is 0 Å². The number of anilines is 1. The van der Waals surface area contributed by atoms with Gasteiger partial charge in [0.25, 0.3) is 5.88 Å². The summed E-state index contributed by atoms with van der Waals surface area (Å²) in [6.07, 6.45) is 5.22. The highest BCUT2D eigenvalue weighted by molar-refractivity contribution is 5.55. The second-order valence-corrected chi connectivity index (χ2v) is 4.94. The Morgan fingerprint density at radius 1 is 1.20 bits per heavy atom. The maximum Gasteiger partial charge on any atom is 0.265 e. The molecule has 0 spiro atoms. The third kappa shape index (κ3) is 2.07. The molecule has 3 aromatic rings. The average molecular weight is 268 g/mol. The third-order valence-corrected chi connectivity index (χ3v) is 3.33. The quantitative estimate of drug-likeness (QED) is 0.775. The Kier molecular flexibility index (Phi) is 2.82. The van der Waals surface area contributed by atoms with Crippen molar-refractivity contribution in [3.8, 4) is 11.6 Å². The molecule has 0 fully saturated rings. The number of fused-ring (bicyclic) bond motifs is 1. The number of hydrogen-bond donors (Lipinski definition) is 1. The molecule has 0 aliphatic carbocycles. The molecule has 0 radical (unpaired) electrons. The third-order valence-electron chi connectivity index (χ3n) is 3.33. The summed E-state index contributed by atoms with van der Waals surface area (Å²) in [6, 6.07) is 4.12. The molecule has 5 nitrogen and oxygen atoms in total. The predicted molar refractivity (Wildman–Crippen MR) is 78.1 cm³/mol. The molecule has 2 N–H and O–H groups in total. The average Bonchev–Trinajstić information content (AvgIpc) is 2.83. The molecule has 0 unspecified atom stereocenters. The van der Waals surface area contributed by atoms with Gasteiger partial charge in [0, 0.05) is 12.4 Å². The van der Waals surface area contributed by atoms with Gasteiger partial charge >= 0.3 is 0 Å². The smallest absolute Gasteiger partial charge is 0.265 e. The molecule has 20 heavy (non-hydrogen) atoms. The molecule has 0 aliphatic rings. The summed E-state index contributed by atoms with van der Waals surface area (Å²) < 4.78 is 7.75. The van der Waals surface area contributed by atoms with Gasteiger partial charge in [-0.25, -0.2) is 4.98 Å². The summed E-state index contributed by atoms with van der Waals surface area (Å²) >= 11 is 0. The van der Waals surface area contributed by atoms with Gasteiger partial charge in [-0.15, -0.1) is 0 Å². The van der Waals surface area contributed by atoms with Crippen molar-refractivity contribution < 1.29 is 4.74 Å². The molecule has 0 saturated carbocycles. The first-order valence-electron chi connectivity index (χ1n) is 6.39. The number of nitrogens with zero attached hydrogens (tertiary/aromatic N) is 3. The van der Waals surface area contributed by atoms with Gasteiger partial charge in [0.05, 0.1) is 6.20 Å². The molecule has 2 aromatic heterocycles. The summed E-state index contributed by atoms with van der Waals surface area (Å²) in [6.45, 7) is 6.13. The summed E-state index contributed by atoms with van der Waals surface area (Å²) in [5.41, 5.74) is 9.86. The van der Waals surface area contributed by atoms with Crippen LogP contribution in [0.15, 0.2) is 30.7 Å². The van der Waals surface area contributed by atoms with E-state index in [1.54, 1.807) is 16.8 Å². The maximum atomic E-state index is 5.95. The summed E-state index contributed by atoms with van der Waals surface area (Å²) in [7, 11) is 0. The van der Waals surface area contributed by atoms with Gasteiger partial charge in [-0.05, 0) is 43.5 Å². The lowest BCUT2D eigenvalue weighted by Gasteiger charge is -2.12. The monoisotopic (exact) mass is 268 g/mol. The Morgan fingerprint density at radius 2 is 2.00 bits per heavy atom. The highest BCUT2D eigenvalue weighted by Gasteiger charge is 2.11. The van der Waals surface area contributed by atoms with Crippen molar-refractivity contribution in [2.24, 2.45) is 0 Å². The van der Waals surface area contributed by atoms with E-state index in [9.17, 15) is 0 Å². The molecule has 102 valence electrons. The van der Waals surface area contributed by atoms with Crippen LogP contribution in [-0.4, -0.2) is 14.4 Å². The minimum atomic E-state index is 0.396. The number of imidazole rings is 1. The molecule has 0 atom stereocenters. The first-order valence-corrected chi connectivity index (χ1v) is 6.39. The van der Waals surface area contributed by atoms with Crippen molar-refractivity contribution in [2.75, 3.05) is 5.73 Å². The number of nitrogen functional groups attached to an aromatic ring is 1. The number of rotatable bonds is 2. The van der Waals surface area contributed by atoms with Crippen molar-refractivity contribution in [1.82, 2.24) is 14.4 Å². The van der Waals surface area contributed by atoms with E-state index in [4.69, 9.17) is 10.5 Å². The molecule has 5 heteroatoms. The first-order chi connectivity index (χ1) is 9.54. The van der Waals surface area contributed by atoms with Crippen molar-refractivity contribution in [3.05, 3.63) is 47.4 Å². The van der Waals surface area contributed by atoms with Gasteiger partial charge in [-0.2, -0.15) is 4.98 Å². The lowest BCUT2D eigenvalue weighted by atomic mass is 10.1. The van der Waals surface area contributed by atoms with E-state index in [0.717, 1.165) is 16.9 Å². The van der Waals surface area contributed by atoms with Crippen molar-refractivity contribution in [1.29, 1.82) is 0 Å². The lowest BCUT2D eigenvalue weighted by molar-refractivity contribution is 0.461. The zero-order valence-corrected chi connectivity index (χ0v) is 11.7. The highest BCUT2D eigenvalue weighted by Crippen LogP contribution is 2.29. The molecule has 0 aliphatic heterocycles. The van der Waals surface area contributed by atoms with Gasteiger partial charge in [0.1, 0.15) is 11.6 Å². The molecular formula is C15H16N4O. The fourth-order valence-corrected chi connectivity index (χ4v) is 2.20. The van der Waals surface area contributed by atoms with Crippen LogP contribution in [0.3, 0.4) is 0 Å². The van der Waals surface area contributed by atoms with Gasteiger partial charge in [0.15, 0.2) is 0 Å². The maximum absolute atomic E-state index is 5.95. The standard InChI is InChI=1S/C15H16N4O/c1-9-6-10(2)11(3)12(7-9)20-15-14-17-4-5-19(14)8-13(16)18-15/h4-8H,16H2,1-3H3. The molecule has 1 aromatic carbocycles. The SMILES string of the molecule is Cc1cc(C)c(C)c(Oc2nc(N)cn3ccnc23)c1.